The quantitative estimate of drug-likeness (QED) is 0.359. The Kier molecular flexibility index (Phi) is 9.64. The van der Waals surface area contributed by atoms with Gasteiger partial charge >= 0.3 is 0 Å². The van der Waals surface area contributed by atoms with Crippen molar-refractivity contribution < 1.29 is 25.5 Å². The monoisotopic (exact) mass is 410 g/mol. The third-order valence-electron chi connectivity index (χ3n) is 4.07. The van der Waals surface area contributed by atoms with Crippen molar-refractivity contribution in [3.05, 3.63) is 71.8 Å². The second-order valence-corrected chi connectivity index (χ2v) is 8.74. The fourth-order valence-corrected chi connectivity index (χ4v) is 5.06. The normalized spacial score (nSPS) is 16.1. The molecule has 7 heteroatoms. The fourth-order valence-electron chi connectivity index (χ4n) is 2.45. The molecule has 0 aromatic heterocycles. The van der Waals surface area contributed by atoms with E-state index in [9.17, 15) is 20.4 Å². The second kappa shape index (κ2) is 11.7. The molecule has 0 heterocycles. The van der Waals surface area contributed by atoms with Gasteiger partial charge in [-0.25, -0.2) is 0 Å². The number of aliphatic hydroxyl groups is 5. The number of hydrogen-bond acceptors (Lipinski definition) is 7. The Morgan fingerprint density at radius 1 is 0.630 bits per heavy atom. The van der Waals surface area contributed by atoms with Crippen molar-refractivity contribution in [1.29, 1.82) is 0 Å². The van der Waals surface area contributed by atoms with Crippen molar-refractivity contribution >= 4 is 23.5 Å². The molecule has 2 aromatic carbocycles. The number of aliphatic hydroxyl groups excluding tert-OH is 5. The van der Waals surface area contributed by atoms with Crippen molar-refractivity contribution in [1.82, 2.24) is 0 Å². The lowest BCUT2D eigenvalue weighted by atomic mass is 10.0. The molecule has 0 aliphatic rings. The van der Waals surface area contributed by atoms with E-state index in [0.29, 0.717) is 11.5 Å². The zero-order chi connectivity index (χ0) is 19.6. The summed E-state index contributed by atoms with van der Waals surface area (Å²) in [4.78, 5) is 0. The van der Waals surface area contributed by atoms with E-state index in [4.69, 9.17) is 5.11 Å². The Balaban J connectivity index is 2.04. The molecular formula is C20H26O5S2. The number of thioether (sulfide) groups is 2. The van der Waals surface area contributed by atoms with Gasteiger partial charge in [0.15, 0.2) is 0 Å². The van der Waals surface area contributed by atoms with Crippen LogP contribution in [0.4, 0.5) is 0 Å². The van der Waals surface area contributed by atoms with Crippen LogP contribution in [0.3, 0.4) is 0 Å². The first-order valence-corrected chi connectivity index (χ1v) is 10.8. The van der Waals surface area contributed by atoms with Gasteiger partial charge in [0, 0.05) is 11.5 Å². The van der Waals surface area contributed by atoms with Gasteiger partial charge in [0.05, 0.1) is 11.2 Å². The molecule has 0 bridgehead atoms. The highest BCUT2D eigenvalue weighted by Gasteiger charge is 2.35. The van der Waals surface area contributed by atoms with E-state index in [-0.39, 0.29) is 0 Å². The van der Waals surface area contributed by atoms with Crippen molar-refractivity contribution in [3.8, 4) is 0 Å². The van der Waals surface area contributed by atoms with Crippen LogP contribution in [0.15, 0.2) is 60.7 Å². The summed E-state index contributed by atoms with van der Waals surface area (Å²) < 4.78 is -0.430. The van der Waals surface area contributed by atoms with E-state index in [1.165, 1.54) is 23.5 Å². The molecule has 0 aliphatic heterocycles. The Bertz CT molecular complexity index is 600. The van der Waals surface area contributed by atoms with Crippen LogP contribution in [0.5, 0.6) is 0 Å². The van der Waals surface area contributed by atoms with E-state index in [1.807, 2.05) is 60.7 Å². The van der Waals surface area contributed by atoms with Gasteiger partial charge in [-0.15, -0.1) is 23.5 Å². The standard InChI is InChI=1S/C20H26O5S2/c21-11-16(22)17(23)18(24)19(25)20(26-12-14-7-3-1-4-8-14)27-13-15-9-5-2-6-10-15/h1-10,16-25H,11-13H2/t16-,17-,18+,19-/m1/s1. The molecule has 0 unspecified atom stereocenters. The summed E-state index contributed by atoms with van der Waals surface area (Å²) in [6.07, 6.45) is -5.97. The highest BCUT2D eigenvalue weighted by Crippen LogP contribution is 2.34. The molecule has 0 spiro atoms. The Morgan fingerprint density at radius 3 is 1.48 bits per heavy atom. The first-order chi connectivity index (χ1) is 13.0. The first kappa shape index (κ1) is 22.2. The van der Waals surface area contributed by atoms with Gasteiger partial charge in [0.25, 0.3) is 0 Å². The number of rotatable bonds is 11. The summed E-state index contributed by atoms with van der Waals surface area (Å²) in [7, 11) is 0. The predicted molar refractivity (Wildman–Crippen MR) is 110 cm³/mol. The minimum atomic E-state index is -1.62. The molecule has 0 aliphatic carbocycles. The predicted octanol–water partition coefficient (Wildman–Crippen LogP) is 1.62. The van der Waals surface area contributed by atoms with E-state index in [1.54, 1.807) is 0 Å². The average molecular weight is 411 g/mol. The zero-order valence-corrected chi connectivity index (χ0v) is 16.5. The maximum absolute atomic E-state index is 10.6. The van der Waals surface area contributed by atoms with Crippen molar-refractivity contribution in [2.24, 2.45) is 0 Å². The maximum atomic E-state index is 10.6. The molecule has 2 aromatic rings. The maximum Gasteiger partial charge on any atom is 0.111 e. The summed E-state index contributed by atoms with van der Waals surface area (Å²) in [5, 5.41) is 49.3. The zero-order valence-electron chi connectivity index (χ0n) is 14.8. The Hall–Kier alpha value is -1.06. The molecule has 0 fully saturated rings. The van der Waals surface area contributed by atoms with Crippen molar-refractivity contribution in [2.45, 2.75) is 40.5 Å². The molecule has 27 heavy (non-hydrogen) atoms. The lowest BCUT2D eigenvalue weighted by Crippen LogP contribution is -2.48. The van der Waals surface area contributed by atoms with Crippen LogP contribution in [-0.4, -0.2) is 61.1 Å². The lowest BCUT2D eigenvalue weighted by Gasteiger charge is -2.30. The van der Waals surface area contributed by atoms with Crippen LogP contribution in [0, 0.1) is 0 Å². The van der Waals surface area contributed by atoms with Gasteiger partial charge in [0.2, 0.25) is 0 Å². The van der Waals surface area contributed by atoms with E-state index >= 15 is 0 Å². The van der Waals surface area contributed by atoms with Crippen LogP contribution in [-0.2, 0) is 11.5 Å². The summed E-state index contributed by atoms with van der Waals surface area (Å²) in [6.45, 7) is -0.691. The molecule has 4 atom stereocenters. The van der Waals surface area contributed by atoms with Crippen LogP contribution in [0.2, 0.25) is 0 Å². The van der Waals surface area contributed by atoms with Crippen LogP contribution in [0.1, 0.15) is 11.1 Å². The third kappa shape index (κ3) is 7.12. The van der Waals surface area contributed by atoms with Crippen LogP contribution < -0.4 is 0 Å². The van der Waals surface area contributed by atoms with Crippen LogP contribution in [0.25, 0.3) is 0 Å². The van der Waals surface area contributed by atoms with Gasteiger partial charge in [-0.3, -0.25) is 0 Å². The molecular weight excluding hydrogens is 384 g/mol. The lowest BCUT2D eigenvalue weighted by molar-refractivity contribution is -0.111. The van der Waals surface area contributed by atoms with E-state index in [0.717, 1.165) is 11.1 Å². The third-order valence-corrected chi connectivity index (χ3v) is 7.11. The Morgan fingerprint density at radius 2 is 1.07 bits per heavy atom. The van der Waals surface area contributed by atoms with Gasteiger partial charge < -0.3 is 25.5 Å². The van der Waals surface area contributed by atoms with Gasteiger partial charge in [-0.1, -0.05) is 60.7 Å². The minimum absolute atomic E-state index is 0.430. The van der Waals surface area contributed by atoms with Gasteiger partial charge in [-0.2, -0.15) is 0 Å². The molecule has 0 amide bonds. The topological polar surface area (TPSA) is 101 Å². The average Bonchev–Trinajstić information content (AvgIpc) is 2.73. The first-order valence-electron chi connectivity index (χ1n) is 8.67. The molecule has 5 N–H and O–H groups in total. The van der Waals surface area contributed by atoms with E-state index in [2.05, 4.69) is 0 Å². The Labute approximate surface area is 168 Å². The highest BCUT2D eigenvalue weighted by molar-refractivity contribution is 8.16. The molecule has 0 saturated heterocycles. The molecule has 148 valence electrons. The van der Waals surface area contributed by atoms with E-state index < -0.39 is 35.6 Å². The van der Waals surface area contributed by atoms with Gasteiger partial charge in [0.1, 0.15) is 24.4 Å². The molecule has 0 saturated carbocycles. The second-order valence-electron chi connectivity index (χ2n) is 6.18. The largest absolute Gasteiger partial charge is 0.394 e. The summed E-state index contributed by atoms with van der Waals surface area (Å²) in [6, 6.07) is 19.6. The van der Waals surface area contributed by atoms with Crippen molar-refractivity contribution in [3.63, 3.8) is 0 Å². The van der Waals surface area contributed by atoms with Crippen LogP contribution >= 0.6 is 23.5 Å². The van der Waals surface area contributed by atoms with Gasteiger partial charge in [-0.05, 0) is 11.1 Å². The molecule has 5 nitrogen and oxygen atoms in total. The number of hydrogen-bond donors (Lipinski definition) is 5. The SMILES string of the molecule is OC[C@@H](O)[C@@H](O)[C@H](O)[C@@H](O)C(SCc1ccccc1)SCc1ccccc1. The van der Waals surface area contributed by atoms with Crippen molar-refractivity contribution in [2.75, 3.05) is 6.61 Å². The molecule has 2 rings (SSSR count). The highest BCUT2D eigenvalue weighted by atomic mass is 32.2. The summed E-state index contributed by atoms with van der Waals surface area (Å²) in [5.74, 6) is 1.27. The smallest absolute Gasteiger partial charge is 0.111 e. The fraction of sp³-hybridized carbons (Fsp3) is 0.400. The summed E-state index contributed by atoms with van der Waals surface area (Å²) >= 11 is 2.93. The molecule has 0 radical (unpaired) electrons. The summed E-state index contributed by atoms with van der Waals surface area (Å²) in [5.41, 5.74) is 2.18. The number of benzene rings is 2. The minimum Gasteiger partial charge on any atom is -0.394 e.